The average molecular weight is 419 g/mol. The Morgan fingerprint density at radius 3 is 2.73 bits per heavy atom. The van der Waals surface area contributed by atoms with Gasteiger partial charge in [-0.05, 0) is 42.8 Å². The molecule has 0 fully saturated rings. The van der Waals surface area contributed by atoms with Crippen LogP contribution in [-0.2, 0) is 0 Å². The highest BCUT2D eigenvalue weighted by atomic mass is 35.5. The fourth-order valence-electron chi connectivity index (χ4n) is 3.43. The number of rotatable bonds is 3. The molecule has 0 radical (unpaired) electrons. The van der Waals surface area contributed by atoms with E-state index < -0.39 is 0 Å². The lowest BCUT2D eigenvalue weighted by Gasteiger charge is -2.24. The lowest BCUT2D eigenvalue weighted by Crippen LogP contribution is -2.17. The Morgan fingerprint density at radius 2 is 1.87 bits per heavy atom. The summed E-state index contributed by atoms with van der Waals surface area (Å²) in [4.78, 5) is 18.0. The molecule has 0 unspecified atom stereocenters. The van der Waals surface area contributed by atoms with E-state index >= 15 is 0 Å². The van der Waals surface area contributed by atoms with Crippen molar-refractivity contribution in [2.24, 2.45) is 0 Å². The molecular weight excluding hydrogens is 403 g/mol. The van der Waals surface area contributed by atoms with Gasteiger partial charge in [-0.15, -0.1) is 0 Å². The second kappa shape index (κ2) is 7.35. The van der Waals surface area contributed by atoms with Gasteiger partial charge >= 0.3 is 0 Å². The summed E-state index contributed by atoms with van der Waals surface area (Å²) in [6.07, 6.45) is 3.17. The van der Waals surface area contributed by atoms with Crippen LogP contribution in [-0.4, -0.2) is 26.5 Å². The molecule has 1 aliphatic heterocycles. The molecule has 2 N–H and O–H groups in total. The van der Waals surface area contributed by atoms with E-state index in [1.807, 2.05) is 25.1 Å². The Hall–Kier alpha value is -3.58. The number of hydrogen-bond donors (Lipinski definition) is 2. The van der Waals surface area contributed by atoms with Crippen molar-refractivity contribution in [3.63, 3.8) is 0 Å². The van der Waals surface area contributed by atoms with Crippen LogP contribution < -0.4 is 10.6 Å². The van der Waals surface area contributed by atoms with Crippen molar-refractivity contribution in [3.8, 4) is 11.4 Å². The van der Waals surface area contributed by atoms with Gasteiger partial charge in [-0.1, -0.05) is 23.7 Å². The standard InChI is InChI=1S/C22H16ClFN6/c1-12-11-27-17-7-6-13(24)10-15(17)18(12)28-22-19-21(26-9-8-25-19)29-20(30-22)14-4-2-3-5-16(14)23/h2-10,27H,11H2,1H3,(H,26,28,29,30). The van der Waals surface area contributed by atoms with E-state index in [0.29, 0.717) is 39.9 Å². The van der Waals surface area contributed by atoms with Gasteiger partial charge in [0, 0.05) is 41.4 Å². The molecule has 0 bridgehead atoms. The maximum atomic E-state index is 14.0. The molecule has 4 aromatic rings. The predicted octanol–water partition coefficient (Wildman–Crippen LogP) is 5.15. The van der Waals surface area contributed by atoms with Crippen LogP contribution in [0.3, 0.4) is 0 Å². The van der Waals surface area contributed by atoms with Crippen molar-refractivity contribution >= 4 is 40.0 Å². The summed E-state index contributed by atoms with van der Waals surface area (Å²) >= 11 is 6.37. The normalized spacial score (nSPS) is 13.2. The molecule has 2 aromatic carbocycles. The maximum Gasteiger partial charge on any atom is 0.184 e. The van der Waals surface area contributed by atoms with E-state index in [1.165, 1.54) is 12.1 Å². The number of anilines is 2. The van der Waals surface area contributed by atoms with Gasteiger partial charge in [0.1, 0.15) is 5.82 Å². The van der Waals surface area contributed by atoms with Gasteiger partial charge in [-0.2, -0.15) is 0 Å². The van der Waals surface area contributed by atoms with Gasteiger partial charge in [-0.3, -0.25) is 0 Å². The fraction of sp³-hybridized carbons (Fsp3) is 0.0909. The van der Waals surface area contributed by atoms with Crippen LogP contribution in [0.1, 0.15) is 12.5 Å². The third kappa shape index (κ3) is 3.23. The van der Waals surface area contributed by atoms with Crippen LogP contribution in [0.5, 0.6) is 0 Å². The van der Waals surface area contributed by atoms with Crippen molar-refractivity contribution in [1.29, 1.82) is 0 Å². The lowest BCUT2D eigenvalue weighted by molar-refractivity contribution is 0.627. The minimum Gasteiger partial charge on any atom is -0.381 e. The Labute approximate surface area is 176 Å². The monoisotopic (exact) mass is 418 g/mol. The van der Waals surface area contributed by atoms with Crippen LogP contribution in [0, 0.1) is 5.82 Å². The fourth-order valence-corrected chi connectivity index (χ4v) is 3.65. The van der Waals surface area contributed by atoms with E-state index in [1.54, 1.807) is 24.5 Å². The summed E-state index contributed by atoms with van der Waals surface area (Å²) in [6.45, 7) is 2.61. The SMILES string of the molecule is CC1=C(Nc2nc(-c3ccccc3Cl)nc3nccnc23)c2cc(F)ccc2NC1. The number of aromatic nitrogens is 4. The highest BCUT2D eigenvalue weighted by Gasteiger charge is 2.20. The molecular formula is C22H16ClFN6. The number of nitrogens with one attached hydrogen (secondary N) is 2. The van der Waals surface area contributed by atoms with Crippen LogP contribution in [0.15, 0.2) is 60.4 Å². The van der Waals surface area contributed by atoms with Crippen molar-refractivity contribution < 1.29 is 4.39 Å². The molecule has 0 spiro atoms. The third-order valence-corrected chi connectivity index (χ3v) is 5.24. The first kappa shape index (κ1) is 18.4. The van der Waals surface area contributed by atoms with Gasteiger partial charge in [0.2, 0.25) is 0 Å². The van der Waals surface area contributed by atoms with E-state index in [-0.39, 0.29) is 5.82 Å². The molecule has 30 heavy (non-hydrogen) atoms. The number of fused-ring (bicyclic) bond motifs is 2. The average Bonchev–Trinajstić information content (AvgIpc) is 2.76. The third-order valence-electron chi connectivity index (χ3n) is 4.91. The molecule has 0 aliphatic carbocycles. The molecule has 2 aromatic heterocycles. The van der Waals surface area contributed by atoms with Crippen molar-refractivity contribution in [2.75, 3.05) is 17.2 Å². The number of halogens is 2. The van der Waals surface area contributed by atoms with Crippen molar-refractivity contribution in [2.45, 2.75) is 6.92 Å². The Bertz CT molecular complexity index is 1320. The first-order valence-electron chi connectivity index (χ1n) is 9.34. The summed E-state index contributed by atoms with van der Waals surface area (Å²) in [7, 11) is 0. The first-order chi connectivity index (χ1) is 14.6. The van der Waals surface area contributed by atoms with E-state index in [0.717, 1.165) is 22.5 Å². The molecule has 0 saturated carbocycles. The van der Waals surface area contributed by atoms with Gasteiger partial charge < -0.3 is 10.6 Å². The second-order valence-electron chi connectivity index (χ2n) is 6.93. The summed E-state index contributed by atoms with van der Waals surface area (Å²) < 4.78 is 14.0. The van der Waals surface area contributed by atoms with Crippen molar-refractivity contribution in [3.05, 3.63) is 76.8 Å². The second-order valence-corrected chi connectivity index (χ2v) is 7.34. The summed E-state index contributed by atoms with van der Waals surface area (Å²) in [5.74, 6) is 0.603. The van der Waals surface area contributed by atoms with Crippen LogP contribution >= 0.6 is 11.6 Å². The number of hydrogen-bond acceptors (Lipinski definition) is 6. The molecule has 8 heteroatoms. The largest absolute Gasteiger partial charge is 0.381 e. The number of benzene rings is 2. The van der Waals surface area contributed by atoms with Gasteiger partial charge in [0.25, 0.3) is 0 Å². The maximum absolute atomic E-state index is 14.0. The quantitative estimate of drug-likeness (QED) is 0.479. The molecule has 6 nitrogen and oxygen atoms in total. The minimum atomic E-state index is -0.311. The van der Waals surface area contributed by atoms with E-state index in [9.17, 15) is 4.39 Å². The van der Waals surface area contributed by atoms with E-state index in [2.05, 4.69) is 25.6 Å². The predicted molar refractivity (Wildman–Crippen MR) is 117 cm³/mol. The Morgan fingerprint density at radius 1 is 1.03 bits per heavy atom. The Balaban J connectivity index is 1.68. The van der Waals surface area contributed by atoms with E-state index in [4.69, 9.17) is 16.6 Å². The highest BCUT2D eigenvalue weighted by Crippen LogP contribution is 2.34. The lowest BCUT2D eigenvalue weighted by atomic mass is 10.0. The zero-order valence-corrected chi connectivity index (χ0v) is 16.7. The summed E-state index contributed by atoms with van der Waals surface area (Å²) in [6, 6.07) is 12.0. The smallest absolute Gasteiger partial charge is 0.184 e. The molecule has 148 valence electrons. The van der Waals surface area contributed by atoms with Crippen LogP contribution in [0.2, 0.25) is 5.02 Å². The molecule has 0 saturated heterocycles. The van der Waals surface area contributed by atoms with Crippen LogP contribution in [0.25, 0.3) is 28.2 Å². The first-order valence-corrected chi connectivity index (χ1v) is 9.72. The molecule has 0 amide bonds. The van der Waals surface area contributed by atoms with Gasteiger partial charge in [0.05, 0.1) is 5.02 Å². The summed E-state index contributed by atoms with van der Waals surface area (Å²) in [5, 5.41) is 7.20. The Kier molecular flexibility index (Phi) is 4.52. The zero-order chi connectivity index (χ0) is 20.7. The summed E-state index contributed by atoms with van der Waals surface area (Å²) in [5.41, 5.74) is 5.02. The molecule has 3 heterocycles. The number of nitrogens with zero attached hydrogens (tertiary/aromatic N) is 4. The molecule has 0 atom stereocenters. The topological polar surface area (TPSA) is 75.6 Å². The highest BCUT2D eigenvalue weighted by molar-refractivity contribution is 6.33. The van der Waals surface area contributed by atoms with Crippen LogP contribution in [0.4, 0.5) is 15.9 Å². The van der Waals surface area contributed by atoms with Gasteiger partial charge in [-0.25, -0.2) is 24.3 Å². The minimum absolute atomic E-state index is 0.311. The van der Waals surface area contributed by atoms with Crippen molar-refractivity contribution in [1.82, 2.24) is 19.9 Å². The van der Waals surface area contributed by atoms with Gasteiger partial charge in [0.15, 0.2) is 22.8 Å². The molecule has 5 rings (SSSR count). The molecule has 1 aliphatic rings. The zero-order valence-electron chi connectivity index (χ0n) is 15.9.